The van der Waals surface area contributed by atoms with Gasteiger partial charge in [0.15, 0.2) is 0 Å². The number of aromatic nitrogens is 1. The highest BCUT2D eigenvalue weighted by molar-refractivity contribution is 6.22. The highest BCUT2D eigenvalue weighted by Crippen LogP contribution is 2.56. The second kappa shape index (κ2) is 8.17. The van der Waals surface area contributed by atoms with Gasteiger partial charge in [-0.1, -0.05) is 25.1 Å². The highest BCUT2D eigenvalue weighted by atomic mass is 15.3. The van der Waals surface area contributed by atoms with Gasteiger partial charge in [-0.15, -0.1) is 0 Å². The van der Waals surface area contributed by atoms with Crippen molar-refractivity contribution in [3.8, 4) is 0 Å². The summed E-state index contributed by atoms with van der Waals surface area (Å²) in [5.74, 6) is 0.185. The number of benzene rings is 1. The van der Waals surface area contributed by atoms with Gasteiger partial charge in [0.25, 0.3) is 0 Å². The molecule has 1 N–H and O–H groups in total. The zero-order chi connectivity index (χ0) is 27.0. The minimum atomic E-state index is -0.357. The maximum atomic E-state index is 5.50. The van der Waals surface area contributed by atoms with Gasteiger partial charge in [-0.05, 0) is 125 Å². The summed E-state index contributed by atoms with van der Waals surface area (Å²) in [7, 11) is 0. The van der Waals surface area contributed by atoms with Crippen LogP contribution in [0.3, 0.4) is 0 Å². The number of nitrogens with one attached hydrogen (secondary N) is 1. The minimum Gasteiger partial charge on any atom is -0.355 e. The van der Waals surface area contributed by atoms with E-state index < -0.39 is 0 Å². The van der Waals surface area contributed by atoms with Gasteiger partial charge >= 0.3 is 0 Å². The smallest absolute Gasteiger partial charge is 0.0850 e. The van der Waals surface area contributed by atoms with Crippen molar-refractivity contribution in [2.24, 2.45) is 15.9 Å². The van der Waals surface area contributed by atoms with Crippen LogP contribution in [0.4, 0.5) is 5.69 Å². The van der Waals surface area contributed by atoms with E-state index in [1.807, 2.05) is 0 Å². The molecule has 38 heavy (non-hydrogen) atoms. The predicted octanol–water partition coefficient (Wildman–Crippen LogP) is 6.04. The summed E-state index contributed by atoms with van der Waals surface area (Å²) in [6.07, 6.45) is 10.9. The fourth-order valence-corrected chi connectivity index (χ4v) is 7.23. The Hall–Kier alpha value is -3.66. The van der Waals surface area contributed by atoms with E-state index in [0.29, 0.717) is 0 Å². The first-order valence-corrected chi connectivity index (χ1v) is 13.7. The number of aliphatic imine (C=N–C) groups is 2. The van der Waals surface area contributed by atoms with Crippen LogP contribution in [0.5, 0.6) is 0 Å². The van der Waals surface area contributed by atoms with Crippen molar-refractivity contribution in [2.75, 3.05) is 4.90 Å². The predicted molar refractivity (Wildman–Crippen MR) is 161 cm³/mol. The third kappa shape index (κ3) is 3.28. The molecule has 0 radical (unpaired) electrons. The zero-order valence-corrected chi connectivity index (χ0v) is 23.8. The first-order chi connectivity index (χ1) is 18.0. The number of anilines is 1. The maximum absolute atomic E-state index is 5.50. The fraction of sp³-hybridized carbons (Fsp3) is 0.353. The number of hydrogen-bond donors (Lipinski definition) is 1. The topological polar surface area (TPSA) is 43.8 Å². The molecule has 0 aliphatic carbocycles. The molecule has 1 aromatic heterocycles. The van der Waals surface area contributed by atoms with Gasteiger partial charge in [0.2, 0.25) is 0 Å². The summed E-state index contributed by atoms with van der Waals surface area (Å²) in [5, 5.41) is 2.10. The van der Waals surface area contributed by atoms with Crippen LogP contribution in [0.2, 0.25) is 0 Å². The Morgan fingerprint density at radius 1 is 0.816 bits per heavy atom. The average molecular weight is 503 g/mol. The number of rotatable bonds is 1. The first-order valence-electron chi connectivity index (χ1n) is 13.7. The van der Waals surface area contributed by atoms with Gasteiger partial charge in [0.05, 0.1) is 33.7 Å². The van der Waals surface area contributed by atoms with Crippen molar-refractivity contribution < 1.29 is 0 Å². The van der Waals surface area contributed by atoms with Crippen molar-refractivity contribution in [3.63, 3.8) is 0 Å². The molecule has 0 amide bonds. The summed E-state index contributed by atoms with van der Waals surface area (Å²) in [4.78, 5) is 16.7. The molecule has 4 heteroatoms. The number of fused-ring (bicyclic) bond motifs is 6. The molecule has 0 saturated heterocycles. The summed E-state index contributed by atoms with van der Waals surface area (Å²) >= 11 is 0. The molecule has 4 unspecified atom stereocenters. The van der Waals surface area contributed by atoms with Gasteiger partial charge in [-0.2, -0.15) is 0 Å². The number of nitrogens with zero attached hydrogens (tertiary/aromatic N) is 3. The monoisotopic (exact) mass is 502 g/mol. The van der Waals surface area contributed by atoms with Crippen LogP contribution in [0.25, 0.3) is 12.2 Å². The minimum absolute atomic E-state index is 0.185. The first kappa shape index (κ1) is 24.7. The number of para-hydroxylation sites is 1. The SMILES string of the molecule is CC1=C(C)C2(C)N=C1C=c1ccc([nH]1)=CC1=NC(=CC3(C)C(C)=C(C)C(C)(C2C)N3c2ccccc2)C=C1. The van der Waals surface area contributed by atoms with Crippen LogP contribution < -0.4 is 15.6 Å². The number of aromatic amines is 1. The van der Waals surface area contributed by atoms with E-state index in [9.17, 15) is 0 Å². The third-order valence-corrected chi connectivity index (χ3v) is 10.2. The van der Waals surface area contributed by atoms with E-state index in [4.69, 9.17) is 9.98 Å². The normalized spacial score (nSPS) is 32.3. The molecular weight excluding hydrogens is 464 g/mol. The lowest BCUT2D eigenvalue weighted by Gasteiger charge is -2.53. The molecular formula is C34H38N4. The Morgan fingerprint density at radius 3 is 2.21 bits per heavy atom. The van der Waals surface area contributed by atoms with E-state index in [0.717, 1.165) is 27.8 Å². The fourth-order valence-electron chi connectivity index (χ4n) is 7.23. The van der Waals surface area contributed by atoms with E-state index in [-0.39, 0.29) is 22.5 Å². The van der Waals surface area contributed by atoms with Crippen molar-refractivity contribution in [1.29, 1.82) is 0 Å². The van der Waals surface area contributed by atoms with Crippen molar-refractivity contribution in [3.05, 3.63) is 99.4 Å². The summed E-state index contributed by atoms with van der Waals surface area (Å²) < 4.78 is 0. The molecule has 4 aliphatic heterocycles. The molecule has 4 aliphatic rings. The maximum Gasteiger partial charge on any atom is 0.0850 e. The van der Waals surface area contributed by atoms with E-state index in [2.05, 4.69) is 138 Å². The number of H-pyrrole nitrogens is 1. The van der Waals surface area contributed by atoms with Crippen LogP contribution in [-0.4, -0.2) is 33.0 Å². The Labute approximate surface area is 226 Å². The molecule has 6 rings (SSSR count). The van der Waals surface area contributed by atoms with Gasteiger partial charge in [-0.3, -0.25) is 4.99 Å². The molecule has 4 atom stereocenters. The number of hydrogen-bond acceptors (Lipinski definition) is 3. The molecule has 0 saturated carbocycles. The molecule has 5 heterocycles. The highest BCUT2D eigenvalue weighted by Gasteiger charge is 2.59. The molecule has 4 nitrogen and oxygen atoms in total. The summed E-state index contributed by atoms with van der Waals surface area (Å²) in [5.41, 5.74) is 8.62. The zero-order valence-electron chi connectivity index (χ0n) is 23.8. The van der Waals surface area contributed by atoms with Gasteiger partial charge < -0.3 is 9.88 Å². The van der Waals surface area contributed by atoms with E-state index in [1.165, 1.54) is 28.0 Å². The van der Waals surface area contributed by atoms with Crippen LogP contribution >= 0.6 is 0 Å². The van der Waals surface area contributed by atoms with E-state index >= 15 is 0 Å². The summed E-state index contributed by atoms with van der Waals surface area (Å²) in [6.45, 7) is 18.6. The Balaban J connectivity index is 1.69. The van der Waals surface area contributed by atoms with Crippen LogP contribution in [-0.2, 0) is 0 Å². The molecule has 0 fully saturated rings. The number of allylic oxidation sites excluding steroid dienone is 3. The van der Waals surface area contributed by atoms with Gasteiger partial charge in [-0.25, -0.2) is 4.99 Å². The molecule has 2 aromatic rings. The molecule has 0 spiro atoms. The Morgan fingerprint density at radius 2 is 1.50 bits per heavy atom. The van der Waals surface area contributed by atoms with Crippen molar-refractivity contribution >= 4 is 29.3 Å². The molecule has 1 aromatic carbocycles. The van der Waals surface area contributed by atoms with Crippen molar-refractivity contribution in [2.45, 2.75) is 72.0 Å². The third-order valence-electron chi connectivity index (χ3n) is 10.2. The summed E-state index contributed by atoms with van der Waals surface area (Å²) in [6, 6.07) is 15.1. The lowest BCUT2D eigenvalue weighted by molar-refractivity contribution is 0.245. The van der Waals surface area contributed by atoms with Crippen LogP contribution in [0.15, 0.2) is 98.7 Å². The second-order valence-corrected chi connectivity index (χ2v) is 11.9. The lowest BCUT2D eigenvalue weighted by atomic mass is 9.68. The van der Waals surface area contributed by atoms with Crippen molar-refractivity contribution in [1.82, 2.24) is 4.98 Å². The quantitative estimate of drug-likeness (QED) is 0.475. The standard InChI is InChI=1S/C34H38N4/c1-21-22(2)33(7)25(5)34(8)24(4)23(3)32(6,38(34)30-12-10-9-11-13-30)20-29-17-16-27(36-29)18-26-14-15-28(35-26)19-31(21)37-33/h9-20,25,35H,1-8H3. The van der Waals surface area contributed by atoms with E-state index in [1.54, 1.807) is 0 Å². The Bertz CT molecular complexity index is 1660. The molecule has 8 bridgehead atoms. The lowest BCUT2D eigenvalue weighted by Crippen LogP contribution is -2.60. The Kier molecular flexibility index (Phi) is 5.30. The second-order valence-electron chi connectivity index (χ2n) is 11.9. The molecule has 194 valence electrons. The van der Waals surface area contributed by atoms with Crippen LogP contribution in [0, 0.1) is 5.92 Å². The average Bonchev–Trinajstić information content (AvgIpc) is 3.61. The largest absolute Gasteiger partial charge is 0.355 e. The van der Waals surface area contributed by atoms with Crippen LogP contribution in [0.1, 0.15) is 55.4 Å². The van der Waals surface area contributed by atoms with Gasteiger partial charge in [0, 0.05) is 22.3 Å². The van der Waals surface area contributed by atoms with Gasteiger partial charge in [0.1, 0.15) is 0 Å².